The third-order valence-electron chi connectivity index (χ3n) is 2.60. The van der Waals surface area contributed by atoms with E-state index in [0.717, 1.165) is 5.56 Å². The topological polar surface area (TPSA) is 66.8 Å². The highest BCUT2D eigenvalue weighted by molar-refractivity contribution is 9.10. The molecule has 0 aliphatic rings. The lowest BCUT2D eigenvalue weighted by molar-refractivity contribution is 0.168. The fraction of sp³-hybridized carbons (Fsp3) is 0.500. The van der Waals surface area contributed by atoms with Gasteiger partial charge >= 0.3 is 0 Å². The first-order valence-corrected chi connectivity index (χ1v) is 8.03. The molecule has 0 unspecified atom stereocenters. The minimum Gasteiger partial charge on any atom is -0.395 e. The number of hydrogen-bond donors (Lipinski definition) is 1. The fourth-order valence-corrected chi connectivity index (χ4v) is 4.18. The SMILES string of the molecule is COCCN(CCO)S(=O)(=O)c1ccc(C)cc1Br. The predicted molar refractivity (Wildman–Crippen MR) is 76.6 cm³/mol. The highest BCUT2D eigenvalue weighted by Gasteiger charge is 2.25. The second kappa shape index (κ2) is 7.35. The highest BCUT2D eigenvalue weighted by atomic mass is 79.9. The summed E-state index contributed by atoms with van der Waals surface area (Å²) < 4.78 is 31.6. The van der Waals surface area contributed by atoms with E-state index in [2.05, 4.69) is 15.9 Å². The normalized spacial score (nSPS) is 12.1. The lowest BCUT2D eigenvalue weighted by Gasteiger charge is -2.21. The Kier molecular flexibility index (Phi) is 6.41. The maximum absolute atomic E-state index is 12.5. The van der Waals surface area contributed by atoms with E-state index in [1.807, 2.05) is 6.92 Å². The molecule has 7 heteroatoms. The largest absolute Gasteiger partial charge is 0.395 e. The molecule has 1 rings (SSSR count). The van der Waals surface area contributed by atoms with E-state index < -0.39 is 10.0 Å². The smallest absolute Gasteiger partial charge is 0.244 e. The number of halogens is 1. The number of aliphatic hydroxyl groups is 1. The van der Waals surface area contributed by atoms with Crippen molar-refractivity contribution in [3.63, 3.8) is 0 Å². The molecule has 0 heterocycles. The van der Waals surface area contributed by atoms with Gasteiger partial charge in [-0.3, -0.25) is 0 Å². The molecule has 0 bridgehead atoms. The first kappa shape index (κ1) is 16.6. The highest BCUT2D eigenvalue weighted by Crippen LogP contribution is 2.25. The predicted octanol–water partition coefficient (Wildman–Crippen LogP) is 1.39. The van der Waals surface area contributed by atoms with Crippen molar-refractivity contribution in [1.82, 2.24) is 4.31 Å². The third kappa shape index (κ3) is 4.25. The van der Waals surface area contributed by atoms with Gasteiger partial charge in [0.1, 0.15) is 0 Å². The minimum atomic E-state index is -3.64. The second-order valence-corrected chi connectivity index (χ2v) is 6.82. The average Bonchev–Trinajstić information content (AvgIpc) is 2.33. The van der Waals surface area contributed by atoms with Crippen LogP contribution in [0.5, 0.6) is 0 Å². The summed E-state index contributed by atoms with van der Waals surface area (Å²) in [5, 5.41) is 9.00. The van der Waals surface area contributed by atoms with Crippen molar-refractivity contribution in [2.24, 2.45) is 0 Å². The van der Waals surface area contributed by atoms with E-state index in [0.29, 0.717) is 4.47 Å². The Morgan fingerprint density at radius 2 is 2.05 bits per heavy atom. The van der Waals surface area contributed by atoms with Gasteiger partial charge in [-0.25, -0.2) is 8.42 Å². The number of aryl methyl sites for hydroxylation is 1. The molecule has 19 heavy (non-hydrogen) atoms. The van der Waals surface area contributed by atoms with Gasteiger partial charge in [0.2, 0.25) is 10.0 Å². The van der Waals surface area contributed by atoms with Gasteiger partial charge in [-0.2, -0.15) is 4.31 Å². The molecule has 0 aliphatic heterocycles. The molecule has 0 fully saturated rings. The Bertz CT molecular complexity index is 518. The van der Waals surface area contributed by atoms with Gasteiger partial charge in [-0.05, 0) is 40.5 Å². The standard InChI is InChI=1S/C12H18BrNO4S/c1-10-3-4-12(11(13)9-10)19(16,17)14(5-7-15)6-8-18-2/h3-4,9,15H,5-8H2,1-2H3. The molecule has 0 saturated carbocycles. The van der Waals surface area contributed by atoms with Crippen molar-refractivity contribution in [2.45, 2.75) is 11.8 Å². The summed E-state index contributed by atoms with van der Waals surface area (Å²) >= 11 is 3.27. The molecule has 1 aromatic rings. The first-order chi connectivity index (χ1) is 8.93. The van der Waals surface area contributed by atoms with E-state index in [9.17, 15) is 8.42 Å². The molecule has 0 aliphatic carbocycles. The van der Waals surface area contributed by atoms with Crippen LogP contribution in [0.4, 0.5) is 0 Å². The Morgan fingerprint density at radius 3 is 2.58 bits per heavy atom. The maximum Gasteiger partial charge on any atom is 0.244 e. The lowest BCUT2D eigenvalue weighted by atomic mass is 10.2. The monoisotopic (exact) mass is 351 g/mol. The van der Waals surface area contributed by atoms with Crippen molar-refractivity contribution in [2.75, 3.05) is 33.4 Å². The Morgan fingerprint density at radius 1 is 1.37 bits per heavy atom. The van der Waals surface area contributed by atoms with Crippen LogP contribution in [0.1, 0.15) is 5.56 Å². The van der Waals surface area contributed by atoms with Crippen LogP contribution in [-0.2, 0) is 14.8 Å². The van der Waals surface area contributed by atoms with Crippen LogP contribution in [0.25, 0.3) is 0 Å². The fourth-order valence-electron chi connectivity index (χ4n) is 1.61. The van der Waals surface area contributed by atoms with Gasteiger partial charge < -0.3 is 9.84 Å². The molecule has 0 spiro atoms. The number of rotatable bonds is 7. The molecule has 108 valence electrons. The number of nitrogens with zero attached hydrogens (tertiary/aromatic N) is 1. The summed E-state index contributed by atoms with van der Waals surface area (Å²) in [6, 6.07) is 5.05. The van der Waals surface area contributed by atoms with Gasteiger partial charge in [0, 0.05) is 24.7 Å². The zero-order chi connectivity index (χ0) is 14.5. The lowest BCUT2D eigenvalue weighted by Crippen LogP contribution is -2.36. The summed E-state index contributed by atoms with van der Waals surface area (Å²) in [5.74, 6) is 0. The number of hydrogen-bond acceptors (Lipinski definition) is 4. The Balaban J connectivity index is 3.11. The number of benzene rings is 1. The second-order valence-electron chi connectivity index (χ2n) is 4.05. The van der Waals surface area contributed by atoms with Gasteiger partial charge in [0.15, 0.2) is 0 Å². The van der Waals surface area contributed by atoms with Crippen molar-refractivity contribution in [3.05, 3.63) is 28.2 Å². The third-order valence-corrected chi connectivity index (χ3v) is 5.47. The molecule has 0 amide bonds. The Hall–Kier alpha value is -0.470. The molecule has 1 N–H and O–H groups in total. The average molecular weight is 352 g/mol. The van der Waals surface area contributed by atoms with Crippen molar-refractivity contribution >= 4 is 26.0 Å². The molecule has 0 radical (unpaired) electrons. The van der Waals surface area contributed by atoms with Crippen LogP contribution in [0.2, 0.25) is 0 Å². The molecule has 0 saturated heterocycles. The summed E-state index contributed by atoms with van der Waals surface area (Å²) in [7, 11) is -2.13. The van der Waals surface area contributed by atoms with Crippen molar-refractivity contribution in [1.29, 1.82) is 0 Å². The maximum atomic E-state index is 12.5. The minimum absolute atomic E-state index is 0.0476. The van der Waals surface area contributed by atoms with E-state index in [4.69, 9.17) is 9.84 Å². The first-order valence-electron chi connectivity index (χ1n) is 5.79. The van der Waals surface area contributed by atoms with Gasteiger partial charge in [-0.1, -0.05) is 6.07 Å². The summed E-state index contributed by atoms with van der Waals surface area (Å²) in [6.45, 7) is 2.19. The molecule has 5 nitrogen and oxygen atoms in total. The van der Waals surface area contributed by atoms with E-state index in [-0.39, 0.29) is 31.2 Å². The van der Waals surface area contributed by atoms with Crippen LogP contribution in [-0.4, -0.2) is 51.2 Å². The summed E-state index contributed by atoms with van der Waals surface area (Å²) in [6.07, 6.45) is 0. The van der Waals surface area contributed by atoms with E-state index in [1.165, 1.54) is 11.4 Å². The van der Waals surface area contributed by atoms with Crippen LogP contribution < -0.4 is 0 Å². The molecule has 0 aromatic heterocycles. The summed E-state index contributed by atoms with van der Waals surface area (Å²) in [5.41, 5.74) is 0.969. The zero-order valence-corrected chi connectivity index (χ0v) is 13.4. The number of aliphatic hydroxyl groups excluding tert-OH is 1. The van der Waals surface area contributed by atoms with Crippen LogP contribution >= 0.6 is 15.9 Å². The molecule has 1 aromatic carbocycles. The van der Waals surface area contributed by atoms with Crippen molar-refractivity contribution < 1.29 is 18.3 Å². The van der Waals surface area contributed by atoms with Gasteiger partial charge in [0.25, 0.3) is 0 Å². The van der Waals surface area contributed by atoms with E-state index in [1.54, 1.807) is 18.2 Å². The zero-order valence-electron chi connectivity index (χ0n) is 11.0. The molecule has 0 atom stereocenters. The molecular weight excluding hydrogens is 334 g/mol. The van der Waals surface area contributed by atoms with E-state index >= 15 is 0 Å². The Labute approximate surface area is 122 Å². The van der Waals surface area contributed by atoms with Crippen LogP contribution in [0, 0.1) is 6.92 Å². The number of methoxy groups -OCH3 is 1. The summed E-state index contributed by atoms with van der Waals surface area (Å²) in [4.78, 5) is 0.197. The quantitative estimate of drug-likeness (QED) is 0.805. The molecular formula is C12H18BrNO4S. The van der Waals surface area contributed by atoms with Gasteiger partial charge in [-0.15, -0.1) is 0 Å². The number of sulfonamides is 1. The van der Waals surface area contributed by atoms with Crippen LogP contribution in [0.3, 0.4) is 0 Å². The number of ether oxygens (including phenoxy) is 1. The van der Waals surface area contributed by atoms with Crippen LogP contribution in [0.15, 0.2) is 27.6 Å². The van der Waals surface area contributed by atoms with Crippen molar-refractivity contribution in [3.8, 4) is 0 Å². The van der Waals surface area contributed by atoms with Gasteiger partial charge in [0.05, 0.1) is 18.1 Å².